The topological polar surface area (TPSA) is 77.8 Å². The maximum atomic E-state index is 12.2. The van der Waals surface area contributed by atoms with E-state index in [2.05, 4.69) is 0 Å². The summed E-state index contributed by atoms with van der Waals surface area (Å²) in [6.07, 6.45) is -5.49. The Bertz CT molecular complexity index is 344. The van der Waals surface area contributed by atoms with Crippen molar-refractivity contribution in [1.82, 2.24) is 0 Å². The van der Waals surface area contributed by atoms with Crippen LogP contribution >= 0.6 is 0 Å². The van der Waals surface area contributed by atoms with Gasteiger partial charge in [0.25, 0.3) is 0 Å². The third kappa shape index (κ3) is 2.02. The summed E-state index contributed by atoms with van der Waals surface area (Å²) in [7, 11) is 0. The maximum Gasteiger partial charge on any atom is 0.416 e. The molecule has 0 saturated carbocycles. The van der Waals surface area contributed by atoms with Crippen LogP contribution in [0.3, 0.4) is 0 Å². The maximum absolute atomic E-state index is 12.2. The van der Waals surface area contributed by atoms with Gasteiger partial charge in [0.1, 0.15) is 6.10 Å². The Balaban J connectivity index is 3.17. The summed E-state index contributed by atoms with van der Waals surface area (Å²) in [4.78, 5) is 10.5. The van der Waals surface area contributed by atoms with Gasteiger partial charge in [-0.25, -0.2) is 4.79 Å². The van der Waals surface area contributed by atoms with Gasteiger partial charge in [0.05, 0.1) is 5.57 Å². The Hall–Kier alpha value is -1.34. The zero-order valence-corrected chi connectivity index (χ0v) is 7.19. The first-order chi connectivity index (χ1) is 6.68. The number of carboxylic acid groups (broad SMARTS) is 1. The van der Waals surface area contributed by atoms with Crippen LogP contribution in [0.15, 0.2) is 23.8 Å². The van der Waals surface area contributed by atoms with Crippen molar-refractivity contribution in [3.63, 3.8) is 0 Å². The molecule has 0 unspecified atom stereocenters. The fourth-order valence-electron chi connectivity index (χ4n) is 1.08. The second-order valence-corrected chi connectivity index (χ2v) is 3.03. The lowest BCUT2D eigenvalue weighted by atomic mass is 9.89. The average molecular weight is 224 g/mol. The number of aliphatic carboxylic acids is 1. The highest BCUT2D eigenvalue weighted by Crippen LogP contribution is 2.33. The molecule has 0 aromatic heterocycles. The first-order valence-corrected chi connectivity index (χ1v) is 3.80. The van der Waals surface area contributed by atoms with Gasteiger partial charge in [0.15, 0.2) is 0 Å². The van der Waals surface area contributed by atoms with E-state index in [1.54, 1.807) is 0 Å². The highest BCUT2D eigenvalue weighted by atomic mass is 19.4. The average Bonchev–Trinajstić information content (AvgIpc) is 2.07. The van der Waals surface area contributed by atoms with E-state index in [1.165, 1.54) is 0 Å². The van der Waals surface area contributed by atoms with Crippen LogP contribution in [0.25, 0.3) is 0 Å². The number of alkyl halides is 3. The molecule has 0 spiro atoms. The molecule has 0 aromatic rings. The summed E-state index contributed by atoms with van der Waals surface area (Å²) in [5.74, 6) is -1.94. The predicted molar refractivity (Wildman–Crippen MR) is 41.9 cm³/mol. The quantitative estimate of drug-likeness (QED) is 0.595. The monoisotopic (exact) mass is 224 g/mol. The fourth-order valence-corrected chi connectivity index (χ4v) is 1.08. The van der Waals surface area contributed by atoms with Crippen molar-refractivity contribution in [2.45, 2.75) is 17.9 Å². The number of hydrogen-bond acceptors (Lipinski definition) is 3. The highest BCUT2D eigenvalue weighted by Gasteiger charge is 2.46. The highest BCUT2D eigenvalue weighted by molar-refractivity contribution is 5.82. The van der Waals surface area contributed by atoms with E-state index < -0.39 is 29.4 Å². The van der Waals surface area contributed by atoms with Gasteiger partial charge in [-0.3, -0.25) is 0 Å². The Morgan fingerprint density at radius 2 is 2.00 bits per heavy atom. The number of aliphatic hydroxyl groups is 2. The van der Waals surface area contributed by atoms with Gasteiger partial charge in [-0.05, 0) is 6.08 Å². The molecule has 0 amide bonds. The minimum atomic E-state index is -4.76. The number of aliphatic hydroxyl groups excluding tert-OH is 1. The van der Waals surface area contributed by atoms with Crippen LogP contribution in [0.4, 0.5) is 13.2 Å². The van der Waals surface area contributed by atoms with Crippen LogP contribution in [0.5, 0.6) is 0 Å². The minimum Gasteiger partial charge on any atom is -0.479 e. The van der Waals surface area contributed by atoms with E-state index in [-0.39, 0.29) is 6.08 Å². The summed E-state index contributed by atoms with van der Waals surface area (Å²) in [6, 6.07) is 0. The summed E-state index contributed by atoms with van der Waals surface area (Å²) in [5.41, 5.74) is -4.24. The molecule has 0 fully saturated rings. The number of allylic oxidation sites excluding steroid dienone is 2. The summed E-state index contributed by atoms with van der Waals surface area (Å²) in [5, 5.41) is 26.8. The number of rotatable bonds is 1. The van der Waals surface area contributed by atoms with E-state index in [0.717, 1.165) is 0 Å². The second kappa shape index (κ2) is 3.35. The summed E-state index contributed by atoms with van der Waals surface area (Å²) in [6.45, 7) is 0. The van der Waals surface area contributed by atoms with Crippen LogP contribution < -0.4 is 0 Å². The summed E-state index contributed by atoms with van der Waals surface area (Å²) >= 11 is 0. The molecule has 15 heavy (non-hydrogen) atoms. The van der Waals surface area contributed by atoms with Gasteiger partial charge in [-0.2, -0.15) is 13.2 Å². The standard InChI is InChI=1S/C8H7F3O4/c9-8(10,11)4-1-2-5(12)7(15,3-4)6(13)14/h1-3,5,12,15H,(H,13,14)/t5-,7-/m1/s1. The van der Waals surface area contributed by atoms with Crippen LogP contribution in [0.2, 0.25) is 0 Å². The van der Waals surface area contributed by atoms with Crippen LogP contribution in [-0.2, 0) is 4.79 Å². The van der Waals surface area contributed by atoms with E-state index in [1.807, 2.05) is 0 Å². The van der Waals surface area contributed by atoms with Gasteiger partial charge in [0, 0.05) is 0 Å². The normalized spacial score (nSPS) is 31.3. The van der Waals surface area contributed by atoms with Crippen molar-refractivity contribution in [3.05, 3.63) is 23.8 Å². The second-order valence-electron chi connectivity index (χ2n) is 3.03. The number of carboxylic acids is 1. The lowest BCUT2D eigenvalue weighted by molar-refractivity contribution is -0.161. The van der Waals surface area contributed by atoms with Gasteiger partial charge < -0.3 is 15.3 Å². The molecule has 3 N–H and O–H groups in total. The molecule has 0 aromatic carbocycles. The van der Waals surface area contributed by atoms with Crippen molar-refractivity contribution < 1.29 is 33.3 Å². The van der Waals surface area contributed by atoms with E-state index in [4.69, 9.17) is 10.2 Å². The van der Waals surface area contributed by atoms with Crippen molar-refractivity contribution >= 4 is 5.97 Å². The van der Waals surface area contributed by atoms with Crippen LogP contribution in [0.1, 0.15) is 0 Å². The molecule has 0 radical (unpaired) electrons. The van der Waals surface area contributed by atoms with Crippen molar-refractivity contribution in [3.8, 4) is 0 Å². The molecule has 2 atom stereocenters. The Morgan fingerprint density at radius 1 is 1.47 bits per heavy atom. The van der Waals surface area contributed by atoms with Crippen molar-refractivity contribution in [2.75, 3.05) is 0 Å². The SMILES string of the molecule is O=C(O)[C@@]1(O)C=C(C(F)(F)F)C=C[C@H]1O. The first-order valence-electron chi connectivity index (χ1n) is 3.80. The van der Waals surface area contributed by atoms with Crippen molar-refractivity contribution in [1.29, 1.82) is 0 Å². The van der Waals surface area contributed by atoms with Gasteiger partial charge >= 0.3 is 12.1 Å². The van der Waals surface area contributed by atoms with Gasteiger partial charge in [0.2, 0.25) is 5.60 Å². The zero-order valence-electron chi connectivity index (χ0n) is 7.19. The molecule has 0 heterocycles. The lowest BCUT2D eigenvalue weighted by Gasteiger charge is -2.27. The van der Waals surface area contributed by atoms with E-state index in [0.29, 0.717) is 12.2 Å². The third-order valence-corrected chi connectivity index (χ3v) is 1.95. The number of halogens is 3. The molecule has 1 aliphatic carbocycles. The Morgan fingerprint density at radius 3 is 2.40 bits per heavy atom. The Kier molecular flexibility index (Phi) is 2.62. The predicted octanol–water partition coefficient (Wildman–Crippen LogP) is 0.222. The molecule has 7 heteroatoms. The first kappa shape index (κ1) is 11.7. The molecular formula is C8H7F3O4. The molecular weight excluding hydrogens is 217 g/mol. The van der Waals surface area contributed by atoms with Crippen LogP contribution in [-0.4, -0.2) is 39.2 Å². The minimum absolute atomic E-state index is 0.0833. The van der Waals surface area contributed by atoms with Crippen LogP contribution in [0, 0.1) is 0 Å². The number of carbonyl (C=O) groups is 1. The summed E-state index contributed by atoms with van der Waals surface area (Å²) < 4.78 is 36.5. The fraction of sp³-hybridized carbons (Fsp3) is 0.375. The molecule has 1 aliphatic rings. The molecule has 0 bridgehead atoms. The molecule has 0 aliphatic heterocycles. The smallest absolute Gasteiger partial charge is 0.416 e. The van der Waals surface area contributed by atoms with Gasteiger partial charge in [-0.1, -0.05) is 12.2 Å². The molecule has 0 saturated heterocycles. The zero-order chi connectivity index (χ0) is 11.9. The molecule has 4 nitrogen and oxygen atoms in total. The molecule has 1 rings (SSSR count). The van der Waals surface area contributed by atoms with Crippen molar-refractivity contribution in [2.24, 2.45) is 0 Å². The largest absolute Gasteiger partial charge is 0.479 e. The molecule has 84 valence electrons. The third-order valence-electron chi connectivity index (χ3n) is 1.95. The van der Waals surface area contributed by atoms with E-state index in [9.17, 15) is 23.1 Å². The van der Waals surface area contributed by atoms with E-state index >= 15 is 0 Å². The Labute approximate surface area is 81.9 Å². The number of hydrogen-bond donors (Lipinski definition) is 3. The van der Waals surface area contributed by atoms with Gasteiger partial charge in [-0.15, -0.1) is 0 Å². The lowest BCUT2D eigenvalue weighted by Crippen LogP contribution is -2.49.